The Morgan fingerprint density at radius 1 is 1.33 bits per heavy atom. The first kappa shape index (κ1) is 16.8. The molecule has 8 heteroatoms. The van der Waals surface area contributed by atoms with Crippen LogP contribution in [0.5, 0.6) is 0 Å². The molecule has 0 spiro atoms. The molecule has 1 amide bonds. The number of hydrogen-bond donors (Lipinski definition) is 1. The van der Waals surface area contributed by atoms with Gasteiger partial charge in [0.15, 0.2) is 0 Å². The largest absolute Gasteiger partial charge is 0.442 e. The molecule has 130 valence electrons. The number of benzene rings is 1. The minimum Gasteiger partial charge on any atom is -0.442 e. The van der Waals surface area contributed by atoms with Gasteiger partial charge in [-0.1, -0.05) is 12.1 Å². The Morgan fingerprint density at radius 3 is 2.79 bits per heavy atom. The first-order chi connectivity index (χ1) is 11.4. The van der Waals surface area contributed by atoms with Gasteiger partial charge in [0.25, 0.3) is 0 Å². The highest BCUT2D eigenvalue weighted by Gasteiger charge is 2.34. The van der Waals surface area contributed by atoms with Gasteiger partial charge in [0.1, 0.15) is 12.3 Å². The van der Waals surface area contributed by atoms with Crippen LogP contribution < -0.4 is 5.43 Å². The summed E-state index contributed by atoms with van der Waals surface area (Å²) in [5, 5.41) is 3.75. The van der Waals surface area contributed by atoms with Crippen LogP contribution in [-0.2, 0) is 22.1 Å². The lowest BCUT2D eigenvalue weighted by atomic mass is 9.94. The zero-order chi connectivity index (χ0) is 17.2. The van der Waals surface area contributed by atoms with Gasteiger partial charge in [0, 0.05) is 18.8 Å². The molecule has 0 bridgehead atoms. The van der Waals surface area contributed by atoms with E-state index < -0.39 is 17.8 Å². The number of cyclic esters (lactones) is 1. The normalized spacial score (nSPS) is 21.2. The monoisotopic (exact) mass is 342 g/mol. The van der Waals surface area contributed by atoms with E-state index in [2.05, 4.69) is 10.5 Å². The molecule has 1 N–H and O–H groups in total. The number of aryl methyl sites for hydroxylation is 1. The lowest BCUT2D eigenvalue weighted by Gasteiger charge is -2.18. The zero-order valence-corrected chi connectivity index (χ0v) is 12.9. The van der Waals surface area contributed by atoms with Crippen molar-refractivity contribution in [1.82, 2.24) is 5.43 Å². The number of hydrogen-bond acceptors (Lipinski definition) is 4. The lowest BCUT2D eigenvalue weighted by Crippen LogP contribution is -2.31. The average molecular weight is 342 g/mol. The third-order valence-electron chi connectivity index (χ3n) is 4.22. The third-order valence-corrected chi connectivity index (χ3v) is 4.22. The maximum Gasteiger partial charge on any atom is 0.428 e. The lowest BCUT2D eigenvalue weighted by molar-refractivity contribution is -0.138. The van der Waals surface area contributed by atoms with Gasteiger partial charge in [-0.3, -0.25) is 0 Å². The maximum atomic E-state index is 13.4. The second-order valence-corrected chi connectivity index (χ2v) is 5.88. The van der Waals surface area contributed by atoms with Gasteiger partial charge in [0.05, 0.1) is 5.56 Å². The standard InChI is InChI=1S/C16H17F3N2O3/c17-16(18,19)13-7-12(14-9-24-15(22)21-20-14)4-3-11(13)2-1-10-5-6-23-8-10/h3-4,7,10H,1-2,5-6,8-9H2,(H,21,22). The van der Waals surface area contributed by atoms with Crippen molar-refractivity contribution in [2.24, 2.45) is 11.0 Å². The number of amides is 1. The fraction of sp³-hybridized carbons (Fsp3) is 0.500. The molecule has 24 heavy (non-hydrogen) atoms. The molecule has 1 aromatic rings. The molecule has 5 nitrogen and oxygen atoms in total. The van der Waals surface area contributed by atoms with Crippen molar-refractivity contribution >= 4 is 11.8 Å². The molecule has 1 saturated heterocycles. The summed E-state index contributed by atoms with van der Waals surface area (Å²) >= 11 is 0. The fourth-order valence-corrected chi connectivity index (χ4v) is 2.87. The third kappa shape index (κ3) is 3.87. The quantitative estimate of drug-likeness (QED) is 0.915. The number of carbonyl (C=O) groups excluding carboxylic acids is 1. The number of alkyl halides is 3. The first-order valence-electron chi connectivity index (χ1n) is 7.71. The molecule has 0 saturated carbocycles. The molecule has 2 heterocycles. The Labute approximate surface area is 136 Å². The molecule has 2 aliphatic rings. The molecular formula is C16H17F3N2O3. The minimum atomic E-state index is -4.45. The van der Waals surface area contributed by atoms with Crippen LogP contribution in [0, 0.1) is 5.92 Å². The van der Waals surface area contributed by atoms with Crippen LogP contribution >= 0.6 is 0 Å². The second-order valence-electron chi connectivity index (χ2n) is 5.88. The van der Waals surface area contributed by atoms with Crippen LogP contribution in [0.3, 0.4) is 0 Å². The zero-order valence-electron chi connectivity index (χ0n) is 12.9. The van der Waals surface area contributed by atoms with Gasteiger partial charge >= 0.3 is 12.3 Å². The molecular weight excluding hydrogens is 325 g/mol. The number of ether oxygens (including phenoxy) is 2. The van der Waals surface area contributed by atoms with E-state index in [1.165, 1.54) is 6.07 Å². The number of halogens is 3. The van der Waals surface area contributed by atoms with E-state index in [-0.39, 0.29) is 23.4 Å². The number of carbonyl (C=O) groups is 1. The number of rotatable bonds is 4. The summed E-state index contributed by atoms with van der Waals surface area (Å²) in [6, 6.07) is 4.13. The Balaban J connectivity index is 1.82. The van der Waals surface area contributed by atoms with Crippen molar-refractivity contribution in [3.63, 3.8) is 0 Å². The molecule has 0 aliphatic carbocycles. The molecule has 1 atom stereocenters. The van der Waals surface area contributed by atoms with Gasteiger partial charge in [-0.15, -0.1) is 0 Å². The van der Waals surface area contributed by atoms with E-state index in [9.17, 15) is 18.0 Å². The molecule has 1 aromatic carbocycles. The number of nitrogens with one attached hydrogen (secondary N) is 1. The van der Waals surface area contributed by atoms with Crippen LogP contribution in [0.15, 0.2) is 23.3 Å². The van der Waals surface area contributed by atoms with Gasteiger partial charge in [-0.05, 0) is 36.8 Å². The van der Waals surface area contributed by atoms with Crippen LogP contribution in [0.4, 0.5) is 18.0 Å². The van der Waals surface area contributed by atoms with Crippen LogP contribution in [-0.4, -0.2) is 31.6 Å². The summed E-state index contributed by atoms with van der Waals surface area (Å²) in [7, 11) is 0. The van der Waals surface area contributed by atoms with Crippen molar-refractivity contribution in [1.29, 1.82) is 0 Å². The van der Waals surface area contributed by atoms with Gasteiger partial charge in [-0.25, -0.2) is 10.2 Å². The molecule has 0 radical (unpaired) electrons. The van der Waals surface area contributed by atoms with Crippen molar-refractivity contribution in [3.8, 4) is 0 Å². The predicted molar refractivity (Wildman–Crippen MR) is 79.7 cm³/mol. The smallest absolute Gasteiger partial charge is 0.428 e. The van der Waals surface area contributed by atoms with E-state index in [0.717, 1.165) is 12.5 Å². The van der Waals surface area contributed by atoms with E-state index in [1.54, 1.807) is 6.07 Å². The fourth-order valence-electron chi connectivity index (χ4n) is 2.87. The summed E-state index contributed by atoms with van der Waals surface area (Å²) in [4.78, 5) is 10.9. The van der Waals surface area contributed by atoms with E-state index in [1.807, 2.05) is 0 Å². The Kier molecular flexibility index (Phi) is 4.75. The summed E-state index contributed by atoms with van der Waals surface area (Å²) in [5.74, 6) is 0.317. The van der Waals surface area contributed by atoms with Gasteiger partial charge in [0.2, 0.25) is 0 Å². The van der Waals surface area contributed by atoms with E-state index in [4.69, 9.17) is 9.47 Å². The summed E-state index contributed by atoms with van der Waals surface area (Å²) in [6.07, 6.45) is -3.25. The number of nitrogens with zero attached hydrogens (tertiary/aromatic N) is 1. The summed E-state index contributed by atoms with van der Waals surface area (Å²) < 4.78 is 50.2. The van der Waals surface area contributed by atoms with Crippen molar-refractivity contribution < 1.29 is 27.4 Å². The molecule has 1 unspecified atom stereocenters. The average Bonchev–Trinajstić information content (AvgIpc) is 3.06. The van der Waals surface area contributed by atoms with Crippen LogP contribution in [0.25, 0.3) is 0 Å². The van der Waals surface area contributed by atoms with Crippen molar-refractivity contribution in [2.45, 2.75) is 25.4 Å². The molecule has 3 rings (SSSR count). The minimum absolute atomic E-state index is 0.151. The SMILES string of the molecule is O=C1NN=C(c2ccc(CCC3CCOC3)c(C(F)(F)F)c2)CO1. The highest BCUT2D eigenvalue weighted by Crippen LogP contribution is 2.34. The molecule has 2 aliphatic heterocycles. The maximum absolute atomic E-state index is 13.4. The first-order valence-corrected chi connectivity index (χ1v) is 7.71. The Bertz CT molecular complexity index is 652. The predicted octanol–water partition coefficient (Wildman–Crippen LogP) is 3.12. The second kappa shape index (κ2) is 6.80. The van der Waals surface area contributed by atoms with E-state index >= 15 is 0 Å². The van der Waals surface area contributed by atoms with Gasteiger partial charge in [-0.2, -0.15) is 18.3 Å². The molecule has 0 aromatic heterocycles. The van der Waals surface area contributed by atoms with E-state index in [0.29, 0.717) is 32.0 Å². The van der Waals surface area contributed by atoms with Crippen LogP contribution in [0.1, 0.15) is 29.5 Å². The summed E-state index contributed by atoms with van der Waals surface area (Å²) in [6.45, 7) is 1.15. The van der Waals surface area contributed by atoms with Crippen molar-refractivity contribution in [3.05, 3.63) is 34.9 Å². The Morgan fingerprint density at radius 2 is 2.17 bits per heavy atom. The van der Waals surface area contributed by atoms with Crippen LogP contribution in [0.2, 0.25) is 0 Å². The highest BCUT2D eigenvalue weighted by molar-refractivity contribution is 6.03. The van der Waals surface area contributed by atoms with Gasteiger partial charge < -0.3 is 9.47 Å². The topological polar surface area (TPSA) is 59.9 Å². The number of hydrazone groups is 1. The Hall–Kier alpha value is -2.09. The molecule has 1 fully saturated rings. The summed E-state index contributed by atoms with van der Waals surface area (Å²) in [5.41, 5.74) is 2.24. The van der Waals surface area contributed by atoms with Crippen molar-refractivity contribution in [2.75, 3.05) is 19.8 Å². The highest BCUT2D eigenvalue weighted by atomic mass is 19.4.